The Kier molecular flexibility index (Phi) is 2.22. The summed E-state index contributed by atoms with van der Waals surface area (Å²) in [5.74, 6) is 0.344. The van der Waals surface area contributed by atoms with Crippen molar-refractivity contribution in [2.45, 2.75) is 0 Å². The Bertz CT molecular complexity index is 593. The topological polar surface area (TPSA) is 68.7 Å². The van der Waals surface area contributed by atoms with Crippen molar-refractivity contribution in [3.63, 3.8) is 0 Å². The second kappa shape index (κ2) is 3.74. The van der Waals surface area contributed by atoms with Crippen LogP contribution in [-0.2, 0) is 0 Å². The Morgan fingerprint density at radius 2 is 2.18 bits per heavy atom. The highest BCUT2D eigenvalue weighted by Crippen LogP contribution is 2.36. The Hall–Kier alpha value is -2.08. The second-order valence-electron chi connectivity index (χ2n) is 3.41. The number of benzene rings is 1. The second-order valence-corrected chi connectivity index (χ2v) is 4.27. The maximum atomic E-state index is 10.7. The molecule has 0 radical (unpaired) electrons. The Morgan fingerprint density at radius 3 is 2.94 bits per heavy atom. The summed E-state index contributed by atoms with van der Waals surface area (Å²) in [4.78, 5) is 14.8. The zero-order valence-corrected chi connectivity index (χ0v) is 9.36. The summed E-state index contributed by atoms with van der Waals surface area (Å²) in [5, 5.41) is 10.6. The number of fused-ring (bicyclic) bond motifs is 1. The van der Waals surface area contributed by atoms with Gasteiger partial charge < -0.3 is 14.6 Å². The number of aromatic carboxylic acids is 1. The molecular weight excluding hydrogens is 242 g/mol. The summed E-state index contributed by atoms with van der Waals surface area (Å²) in [7, 11) is 0. The zero-order chi connectivity index (χ0) is 11.8. The minimum absolute atomic E-state index is 0.0812. The molecular formula is C11H7NO4S. The van der Waals surface area contributed by atoms with E-state index in [9.17, 15) is 4.79 Å². The zero-order valence-electron chi connectivity index (χ0n) is 8.54. The lowest BCUT2D eigenvalue weighted by Crippen LogP contribution is -1.94. The highest BCUT2D eigenvalue weighted by molar-refractivity contribution is 7.11. The van der Waals surface area contributed by atoms with E-state index in [1.54, 1.807) is 17.5 Å². The molecule has 0 amide bonds. The van der Waals surface area contributed by atoms with Crippen molar-refractivity contribution in [1.29, 1.82) is 0 Å². The first-order valence-corrected chi connectivity index (χ1v) is 5.71. The number of hydrogen-bond donors (Lipinski definition) is 1. The van der Waals surface area contributed by atoms with Crippen LogP contribution in [0.1, 0.15) is 9.80 Å². The lowest BCUT2D eigenvalue weighted by molar-refractivity contribution is 0.0696. The smallest absolute Gasteiger partial charge is 0.365 e. The average Bonchev–Trinajstić information content (AvgIpc) is 2.97. The van der Waals surface area contributed by atoms with Crippen LogP contribution >= 0.6 is 11.3 Å². The molecule has 2 aromatic rings. The molecule has 3 rings (SSSR count). The van der Waals surface area contributed by atoms with Gasteiger partial charge in [0.1, 0.15) is 0 Å². The summed E-state index contributed by atoms with van der Waals surface area (Å²) in [6.45, 7) is 0.218. The van der Waals surface area contributed by atoms with Crippen LogP contribution in [0.2, 0.25) is 0 Å². The third kappa shape index (κ3) is 1.72. The number of carboxylic acids is 1. The largest absolute Gasteiger partial charge is 0.476 e. The van der Waals surface area contributed by atoms with E-state index in [0.29, 0.717) is 17.2 Å². The molecule has 6 heteroatoms. The monoisotopic (exact) mass is 249 g/mol. The van der Waals surface area contributed by atoms with Gasteiger partial charge in [0, 0.05) is 10.9 Å². The van der Waals surface area contributed by atoms with Crippen molar-refractivity contribution in [1.82, 2.24) is 4.98 Å². The molecule has 1 aromatic carbocycles. The lowest BCUT2D eigenvalue weighted by Gasteiger charge is -1.99. The number of ether oxygens (including phenoxy) is 2. The number of rotatable bonds is 2. The van der Waals surface area contributed by atoms with Crippen LogP contribution in [0.5, 0.6) is 11.5 Å². The molecule has 0 aliphatic carbocycles. The van der Waals surface area contributed by atoms with Gasteiger partial charge in [-0.05, 0) is 18.2 Å². The van der Waals surface area contributed by atoms with E-state index >= 15 is 0 Å². The Labute approximate surface area is 100 Å². The van der Waals surface area contributed by atoms with E-state index < -0.39 is 5.97 Å². The van der Waals surface area contributed by atoms with Crippen LogP contribution in [-0.4, -0.2) is 22.9 Å². The normalized spacial score (nSPS) is 12.7. The maximum absolute atomic E-state index is 10.7. The Balaban J connectivity index is 2.00. The number of hydrogen-bond acceptors (Lipinski definition) is 5. The predicted octanol–water partition coefficient (Wildman–Crippen LogP) is 2.24. The molecule has 0 saturated carbocycles. The third-order valence-electron chi connectivity index (χ3n) is 2.36. The van der Waals surface area contributed by atoms with E-state index in [1.165, 1.54) is 0 Å². The van der Waals surface area contributed by atoms with Crippen LogP contribution in [0, 0.1) is 0 Å². The van der Waals surface area contributed by atoms with Gasteiger partial charge in [-0.3, -0.25) is 0 Å². The highest BCUT2D eigenvalue weighted by Gasteiger charge is 2.16. The molecule has 1 aromatic heterocycles. The fraction of sp³-hybridized carbons (Fsp3) is 0.0909. The number of nitrogens with zero attached hydrogens (tertiary/aromatic N) is 1. The first-order chi connectivity index (χ1) is 8.24. The molecule has 17 heavy (non-hydrogen) atoms. The van der Waals surface area contributed by atoms with E-state index in [0.717, 1.165) is 16.9 Å². The quantitative estimate of drug-likeness (QED) is 0.883. The van der Waals surface area contributed by atoms with Gasteiger partial charge in [0.2, 0.25) is 11.8 Å². The van der Waals surface area contributed by atoms with Crippen LogP contribution in [0.15, 0.2) is 23.6 Å². The molecule has 0 fully saturated rings. The van der Waals surface area contributed by atoms with Crippen molar-refractivity contribution in [2.24, 2.45) is 0 Å². The van der Waals surface area contributed by atoms with Crippen molar-refractivity contribution in [3.8, 4) is 22.8 Å². The van der Waals surface area contributed by atoms with Gasteiger partial charge in [0.25, 0.3) is 0 Å². The molecule has 0 spiro atoms. The molecule has 86 valence electrons. The number of carbonyl (C=O) groups is 1. The molecule has 0 saturated heterocycles. The average molecular weight is 249 g/mol. The van der Waals surface area contributed by atoms with E-state index in [1.807, 2.05) is 6.07 Å². The van der Waals surface area contributed by atoms with Gasteiger partial charge in [-0.25, -0.2) is 9.78 Å². The summed E-state index contributed by atoms with van der Waals surface area (Å²) in [6, 6.07) is 5.41. The Morgan fingerprint density at radius 1 is 1.35 bits per heavy atom. The fourth-order valence-corrected chi connectivity index (χ4v) is 2.22. The molecule has 0 atom stereocenters. The van der Waals surface area contributed by atoms with Crippen molar-refractivity contribution >= 4 is 17.3 Å². The van der Waals surface area contributed by atoms with Gasteiger partial charge >= 0.3 is 5.97 Å². The fourth-order valence-electron chi connectivity index (χ4n) is 1.56. The first kappa shape index (κ1) is 10.1. The van der Waals surface area contributed by atoms with Crippen molar-refractivity contribution in [2.75, 3.05) is 6.79 Å². The highest BCUT2D eigenvalue weighted by atomic mass is 32.1. The SMILES string of the molecule is O=C(O)c1nc(-c2ccc3c(c2)OCO3)cs1. The van der Waals surface area contributed by atoms with E-state index in [2.05, 4.69) is 4.98 Å². The van der Waals surface area contributed by atoms with E-state index in [-0.39, 0.29) is 11.8 Å². The van der Waals surface area contributed by atoms with Gasteiger partial charge in [0.05, 0.1) is 5.69 Å². The lowest BCUT2D eigenvalue weighted by atomic mass is 10.1. The van der Waals surface area contributed by atoms with Gasteiger partial charge in [0.15, 0.2) is 11.5 Å². The van der Waals surface area contributed by atoms with Crippen molar-refractivity contribution < 1.29 is 19.4 Å². The van der Waals surface area contributed by atoms with Gasteiger partial charge in [-0.2, -0.15) is 0 Å². The van der Waals surface area contributed by atoms with Crippen LogP contribution in [0.25, 0.3) is 11.3 Å². The first-order valence-electron chi connectivity index (χ1n) is 4.83. The van der Waals surface area contributed by atoms with Gasteiger partial charge in [-0.1, -0.05) is 0 Å². The summed E-state index contributed by atoms with van der Waals surface area (Å²) >= 11 is 1.10. The van der Waals surface area contributed by atoms with Crippen LogP contribution in [0.4, 0.5) is 0 Å². The van der Waals surface area contributed by atoms with Crippen molar-refractivity contribution in [3.05, 3.63) is 28.6 Å². The minimum Gasteiger partial charge on any atom is -0.476 e. The molecule has 1 aliphatic heterocycles. The maximum Gasteiger partial charge on any atom is 0.365 e. The molecule has 1 N–H and O–H groups in total. The summed E-state index contributed by atoms with van der Waals surface area (Å²) < 4.78 is 10.5. The molecule has 2 heterocycles. The number of carboxylic acid groups (broad SMARTS) is 1. The number of thiazole rings is 1. The predicted molar refractivity (Wildman–Crippen MR) is 60.6 cm³/mol. The summed E-state index contributed by atoms with van der Waals surface area (Å²) in [5.41, 5.74) is 1.45. The number of aromatic nitrogens is 1. The molecule has 1 aliphatic rings. The van der Waals surface area contributed by atoms with E-state index in [4.69, 9.17) is 14.6 Å². The minimum atomic E-state index is -1.01. The third-order valence-corrected chi connectivity index (χ3v) is 3.19. The molecule has 0 unspecified atom stereocenters. The van der Waals surface area contributed by atoms with Crippen LogP contribution < -0.4 is 9.47 Å². The van der Waals surface area contributed by atoms with Crippen LogP contribution in [0.3, 0.4) is 0 Å². The molecule has 5 nitrogen and oxygen atoms in total. The summed E-state index contributed by atoms with van der Waals surface area (Å²) in [6.07, 6.45) is 0. The molecule has 0 bridgehead atoms. The standard InChI is InChI=1S/C11H7NO4S/c13-11(14)10-12-7(4-17-10)6-1-2-8-9(3-6)16-5-15-8/h1-4H,5H2,(H,13,14). The van der Waals surface area contributed by atoms with Gasteiger partial charge in [-0.15, -0.1) is 11.3 Å².